The summed E-state index contributed by atoms with van der Waals surface area (Å²) in [7, 11) is 0. The standard InChI is InChI=1S/C15H15FN4O/c1-3-6-18-15-19-10(2)7-14(20-15)21-13-5-4-11(9-17)8-12(13)16/h4-5,7-8H,3,6H2,1-2H3,(H,18,19,20). The number of hydrogen-bond donors (Lipinski definition) is 1. The van der Waals surface area contributed by atoms with Gasteiger partial charge in [-0.2, -0.15) is 10.2 Å². The minimum atomic E-state index is -0.603. The number of rotatable bonds is 5. The molecule has 0 saturated heterocycles. The topological polar surface area (TPSA) is 70.8 Å². The Balaban J connectivity index is 2.23. The number of hydrogen-bond acceptors (Lipinski definition) is 5. The third-order valence-electron chi connectivity index (χ3n) is 2.64. The molecule has 0 unspecified atom stereocenters. The van der Waals surface area contributed by atoms with Crippen molar-refractivity contribution in [1.82, 2.24) is 9.97 Å². The van der Waals surface area contributed by atoms with E-state index in [0.717, 1.165) is 19.0 Å². The van der Waals surface area contributed by atoms with E-state index >= 15 is 0 Å². The van der Waals surface area contributed by atoms with E-state index in [2.05, 4.69) is 15.3 Å². The van der Waals surface area contributed by atoms with Crippen LogP contribution in [0.1, 0.15) is 24.6 Å². The lowest BCUT2D eigenvalue weighted by molar-refractivity contribution is 0.426. The van der Waals surface area contributed by atoms with Crippen molar-refractivity contribution in [3.8, 4) is 17.7 Å². The summed E-state index contributed by atoms with van der Waals surface area (Å²) in [5, 5.41) is 11.8. The van der Waals surface area contributed by atoms with E-state index in [0.29, 0.717) is 11.6 Å². The van der Waals surface area contributed by atoms with E-state index < -0.39 is 5.82 Å². The Kier molecular flexibility index (Phi) is 4.67. The third kappa shape index (κ3) is 3.89. The van der Waals surface area contributed by atoms with Crippen molar-refractivity contribution < 1.29 is 9.13 Å². The first kappa shape index (κ1) is 14.7. The van der Waals surface area contributed by atoms with Crippen molar-refractivity contribution in [3.05, 3.63) is 41.3 Å². The van der Waals surface area contributed by atoms with E-state index in [-0.39, 0.29) is 17.2 Å². The molecule has 0 amide bonds. The van der Waals surface area contributed by atoms with Crippen molar-refractivity contribution in [2.75, 3.05) is 11.9 Å². The molecule has 1 aromatic heterocycles. The summed E-state index contributed by atoms with van der Waals surface area (Å²) in [6.45, 7) is 4.58. The van der Waals surface area contributed by atoms with Crippen LogP contribution in [0, 0.1) is 24.1 Å². The van der Waals surface area contributed by atoms with Gasteiger partial charge in [-0.25, -0.2) is 9.37 Å². The molecule has 1 N–H and O–H groups in total. The normalized spacial score (nSPS) is 10.0. The molecule has 1 heterocycles. The highest BCUT2D eigenvalue weighted by molar-refractivity contribution is 5.38. The van der Waals surface area contributed by atoms with E-state index in [9.17, 15) is 4.39 Å². The first-order valence-electron chi connectivity index (χ1n) is 6.59. The summed E-state index contributed by atoms with van der Waals surface area (Å²) in [6, 6.07) is 7.51. The molecule has 5 nitrogen and oxygen atoms in total. The second-order valence-electron chi connectivity index (χ2n) is 4.46. The Labute approximate surface area is 122 Å². The number of benzene rings is 1. The summed E-state index contributed by atoms with van der Waals surface area (Å²) >= 11 is 0. The highest BCUT2D eigenvalue weighted by Gasteiger charge is 2.09. The largest absolute Gasteiger partial charge is 0.436 e. The maximum absolute atomic E-state index is 13.8. The zero-order valence-corrected chi connectivity index (χ0v) is 11.9. The van der Waals surface area contributed by atoms with E-state index in [1.807, 2.05) is 13.0 Å². The molecule has 0 spiro atoms. The van der Waals surface area contributed by atoms with Crippen molar-refractivity contribution >= 4 is 5.95 Å². The van der Waals surface area contributed by atoms with Crippen LogP contribution in [0.2, 0.25) is 0 Å². The number of aryl methyl sites for hydroxylation is 1. The molecule has 0 saturated carbocycles. The van der Waals surface area contributed by atoms with Gasteiger partial charge in [0.05, 0.1) is 11.6 Å². The highest BCUT2D eigenvalue weighted by atomic mass is 19.1. The summed E-state index contributed by atoms with van der Waals surface area (Å²) < 4.78 is 19.2. The van der Waals surface area contributed by atoms with Crippen LogP contribution >= 0.6 is 0 Å². The Bertz CT molecular complexity index is 682. The van der Waals surface area contributed by atoms with Gasteiger partial charge in [0.15, 0.2) is 11.6 Å². The molecule has 108 valence electrons. The summed E-state index contributed by atoms with van der Waals surface area (Å²) in [4.78, 5) is 8.40. The van der Waals surface area contributed by atoms with E-state index in [1.165, 1.54) is 12.1 Å². The first-order chi connectivity index (χ1) is 10.1. The fourth-order valence-electron chi connectivity index (χ4n) is 1.67. The van der Waals surface area contributed by atoms with Gasteiger partial charge in [0, 0.05) is 18.3 Å². The maximum atomic E-state index is 13.8. The quantitative estimate of drug-likeness (QED) is 0.912. The molecule has 0 fully saturated rings. The Hall–Kier alpha value is -2.68. The van der Waals surface area contributed by atoms with Gasteiger partial charge in [-0.05, 0) is 31.5 Å². The molecule has 0 aliphatic rings. The second kappa shape index (κ2) is 6.66. The smallest absolute Gasteiger partial charge is 0.226 e. The Morgan fingerprint density at radius 1 is 1.33 bits per heavy atom. The number of nitriles is 1. The number of halogens is 1. The predicted molar refractivity (Wildman–Crippen MR) is 76.7 cm³/mol. The molecule has 2 rings (SSSR count). The molecular formula is C15H15FN4O. The second-order valence-corrected chi connectivity index (χ2v) is 4.46. The summed E-state index contributed by atoms with van der Waals surface area (Å²) in [5.41, 5.74) is 0.955. The number of ether oxygens (including phenoxy) is 1. The van der Waals surface area contributed by atoms with Crippen LogP contribution in [0.4, 0.5) is 10.3 Å². The molecule has 6 heteroatoms. The minimum absolute atomic E-state index is 0.0218. The van der Waals surface area contributed by atoms with Gasteiger partial charge >= 0.3 is 0 Å². The fourth-order valence-corrected chi connectivity index (χ4v) is 1.67. The number of anilines is 1. The molecule has 0 atom stereocenters. The van der Waals surface area contributed by atoms with Crippen LogP contribution in [-0.4, -0.2) is 16.5 Å². The van der Waals surface area contributed by atoms with Crippen LogP contribution in [0.15, 0.2) is 24.3 Å². The van der Waals surface area contributed by atoms with Crippen LogP contribution in [-0.2, 0) is 0 Å². The highest BCUT2D eigenvalue weighted by Crippen LogP contribution is 2.24. The number of aromatic nitrogens is 2. The average molecular weight is 286 g/mol. The van der Waals surface area contributed by atoms with Gasteiger partial charge in [-0.15, -0.1) is 0 Å². The van der Waals surface area contributed by atoms with Crippen molar-refractivity contribution in [1.29, 1.82) is 5.26 Å². The molecule has 1 aromatic carbocycles. The SMILES string of the molecule is CCCNc1nc(C)cc(Oc2ccc(C#N)cc2F)n1. The molecule has 2 aromatic rings. The lowest BCUT2D eigenvalue weighted by Crippen LogP contribution is -2.06. The van der Waals surface area contributed by atoms with E-state index in [4.69, 9.17) is 10.00 Å². The lowest BCUT2D eigenvalue weighted by atomic mass is 10.2. The van der Waals surface area contributed by atoms with Gasteiger partial charge in [0.2, 0.25) is 11.8 Å². The predicted octanol–water partition coefficient (Wildman–Crippen LogP) is 3.41. The molecule has 0 aliphatic carbocycles. The van der Waals surface area contributed by atoms with Gasteiger partial charge < -0.3 is 10.1 Å². The van der Waals surface area contributed by atoms with E-state index in [1.54, 1.807) is 13.0 Å². The molecular weight excluding hydrogens is 271 g/mol. The fraction of sp³-hybridized carbons (Fsp3) is 0.267. The van der Waals surface area contributed by atoms with Crippen molar-refractivity contribution in [2.45, 2.75) is 20.3 Å². The maximum Gasteiger partial charge on any atom is 0.226 e. The van der Waals surface area contributed by atoms with Gasteiger partial charge in [0.1, 0.15) is 0 Å². The summed E-state index contributed by atoms with van der Waals surface area (Å²) in [6.07, 6.45) is 0.942. The summed E-state index contributed by atoms with van der Waals surface area (Å²) in [5.74, 6) is 0.118. The molecule has 0 radical (unpaired) electrons. The van der Waals surface area contributed by atoms with Crippen LogP contribution in [0.5, 0.6) is 11.6 Å². The Morgan fingerprint density at radius 3 is 2.81 bits per heavy atom. The average Bonchev–Trinajstić information content (AvgIpc) is 2.46. The minimum Gasteiger partial charge on any atom is -0.436 e. The zero-order valence-electron chi connectivity index (χ0n) is 11.9. The first-order valence-corrected chi connectivity index (χ1v) is 6.59. The Morgan fingerprint density at radius 2 is 2.14 bits per heavy atom. The number of nitrogens with zero attached hydrogens (tertiary/aromatic N) is 3. The number of nitrogens with one attached hydrogen (secondary N) is 1. The van der Waals surface area contributed by atoms with Gasteiger partial charge in [-0.3, -0.25) is 0 Å². The zero-order chi connectivity index (χ0) is 15.2. The van der Waals surface area contributed by atoms with Gasteiger partial charge in [-0.1, -0.05) is 6.92 Å². The molecule has 0 aliphatic heterocycles. The molecule has 21 heavy (non-hydrogen) atoms. The van der Waals surface area contributed by atoms with Crippen molar-refractivity contribution in [3.63, 3.8) is 0 Å². The van der Waals surface area contributed by atoms with Crippen molar-refractivity contribution in [2.24, 2.45) is 0 Å². The van der Waals surface area contributed by atoms with Crippen LogP contribution in [0.3, 0.4) is 0 Å². The lowest BCUT2D eigenvalue weighted by Gasteiger charge is -2.09. The van der Waals surface area contributed by atoms with Gasteiger partial charge in [0.25, 0.3) is 0 Å². The monoisotopic (exact) mass is 286 g/mol. The van der Waals surface area contributed by atoms with Crippen LogP contribution in [0.25, 0.3) is 0 Å². The third-order valence-corrected chi connectivity index (χ3v) is 2.64. The van der Waals surface area contributed by atoms with Crippen LogP contribution < -0.4 is 10.1 Å². The molecule has 0 bridgehead atoms.